The molecule has 0 aliphatic carbocycles. The van der Waals surface area contributed by atoms with Crippen molar-refractivity contribution in [3.8, 4) is 0 Å². The third-order valence-electron chi connectivity index (χ3n) is 3.93. The Kier molecular flexibility index (Phi) is 4.78. The number of nitrogens with zero attached hydrogens (tertiary/aromatic N) is 3. The quantitative estimate of drug-likeness (QED) is 0.818. The lowest BCUT2D eigenvalue weighted by molar-refractivity contribution is -0.144. The summed E-state index contributed by atoms with van der Waals surface area (Å²) in [5.74, 6) is -0.987. The molecular formula is C17H18N4O4. The predicted octanol–water partition coefficient (Wildman–Crippen LogP) is 0.906. The van der Waals surface area contributed by atoms with Crippen molar-refractivity contribution >= 4 is 23.5 Å². The molecule has 25 heavy (non-hydrogen) atoms. The van der Waals surface area contributed by atoms with Crippen molar-refractivity contribution in [2.75, 3.05) is 31.5 Å². The van der Waals surface area contributed by atoms with Crippen molar-refractivity contribution in [3.05, 3.63) is 48.0 Å². The number of anilines is 1. The van der Waals surface area contributed by atoms with E-state index in [0.717, 1.165) is 5.56 Å². The van der Waals surface area contributed by atoms with E-state index < -0.39 is 11.8 Å². The van der Waals surface area contributed by atoms with Gasteiger partial charge in [-0.2, -0.15) is 0 Å². The van der Waals surface area contributed by atoms with Gasteiger partial charge in [0.25, 0.3) is 5.91 Å². The average Bonchev–Trinajstić information content (AvgIpc) is 3.17. The minimum absolute atomic E-state index is 0.217. The molecule has 8 nitrogen and oxygen atoms in total. The predicted molar refractivity (Wildman–Crippen MR) is 88.8 cm³/mol. The van der Waals surface area contributed by atoms with E-state index in [-0.39, 0.29) is 11.7 Å². The molecule has 0 bridgehead atoms. The molecule has 1 fully saturated rings. The Bertz CT molecular complexity index is 762. The number of hydrogen-bond acceptors (Lipinski definition) is 5. The summed E-state index contributed by atoms with van der Waals surface area (Å²) in [6.07, 6.45) is 3.05. The van der Waals surface area contributed by atoms with E-state index >= 15 is 0 Å². The van der Waals surface area contributed by atoms with Gasteiger partial charge in [0.05, 0.1) is 6.26 Å². The maximum Gasteiger partial charge on any atom is 0.315 e. The summed E-state index contributed by atoms with van der Waals surface area (Å²) in [6.45, 7) is 3.16. The summed E-state index contributed by atoms with van der Waals surface area (Å²) >= 11 is 0. The summed E-state index contributed by atoms with van der Waals surface area (Å²) in [6, 6.07) is 6.69. The number of pyridine rings is 1. The van der Waals surface area contributed by atoms with Crippen LogP contribution in [-0.4, -0.2) is 58.7 Å². The fraction of sp³-hybridized carbons (Fsp3) is 0.294. The summed E-state index contributed by atoms with van der Waals surface area (Å²) in [4.78, 5) is 43.5. The minimum atomic E-state index is -0.734. The van der Waals surface area contributed by atoms with Crippen LogP contribution in [0.4, 0.5) is 5.82 Å². The van der Waals surface area contributed by atoms with Crippen molar-refractivity contribution in [1.82, 2.24) is 14.8 Å². The molecule has 3 heterocycles. The fourth-order valence-corrected chi connectivity index (χ4v) is 2.52. The molecule has 0 unspecified atom stereocenters. The molecule has 0 spiro atoms. The van der Waals surface area contributed by atoms with E-state index in [4.69, 9.17) is 4.42 Å². The van der Waals surface area contributed by atoms with Crippen LogP contribution in [0.1, 0.15) is 16.1 Å². The molecule has 1 aliphatic heterocycles. The molecule has 0 atom stereocenters. The van der Waals surface area contributed by atoms with Crippen LogP contribution in [0.15, 0.2) is 41.1 Å². The van der Waals surface area contributed by atoms with E-state index in [0.29, 0.717) is 32.0 Å². The summed E-state index contributed by atoms with van der Waals surface area (Å²) < 4.78 is 5.09. The highest BCUT2D eigenvalue weighted by molar-refractivity contribution is 6.39. The van der Waals surface area contributed by atoms with Gasteiger partial charge in [0.2, 0.25) is 0 Å². The normalized spacial score (nSPS) is 14.3. The second-order valence-electron chi connectivity index (χ2n) is 5.74. The van der Waals surface area contributed by atoms with E-state index in [9.17, 15) is 14.4 Å². The van der Waals surface area contributed by atoms with Crippen LogP contribution in [0.5, 0.6) is 0 Å². The molecule has 0 aromatic carbocycles. The first kappa shape index (κ1) is 16.7. The van der Waals surface area contributed by atoms with Crippen LogP contribution in [0, 0.1) is 6.92 Å². The molecule has 1 aliphatic rings. The summed E-state index contributed by atoms with van der Waals surface area (Å²) in [7, 11) is 0. The van der Waals surface area contributed by atoms with Crippen molar-refractivity contribution in [2.24, 2.45) is 0 Å². The largest absolute Gasteiger partial charge is 0.459 e. The number of amides is 3. The number of aryl methyl sites for hydroxylation is 1. The molecule has 1 saturated heterocycles. The average molecular weight is 342 g/mol. The maximum atomic E-state index is 12.2. The van der Waals surface area contributed by atoms with Gasteiger partial charge in [-0.3, -0.25) is 14.4 Å². The van der Waals surface area contributed by atoms with Crippen molar-refractivity contribution in [2.45, 2.75) is 6.92 Å². The molecule has 3 rings (SSSR count). The Morgan fingerprint density at radius 1 is 1.08 bits per heavy atom. The monoisotopic (exact) mass is 342 g/mol. The highest BCUT2D eigenvalue weighted by Gasteiger charge is 2.29. The van der Waals surface area contributed by atoms with Crippen molar-refractivity contribution in [1.29, 1.82) is 0 Å². The molecule has 0 saturated carbocycles. The molecule has 1 N–H and O–H groups in total. The van der Waals surface area contributed by atoms with Gasteiger partial charge in [-0.15, -0.1) is 0 Å². The number of carbonyl (C=O) groups excluding carboxylic acids is 3. The lowest BCUT2D eigenvalue weighted by atomic mass is 10.2. The highest BCUT2D eigenvalue weighted by atomic mass is 16.3. The number of piperazine rings is 1. The lowest BCUT2D eigenvalue weighted by Crippen LogP contribution is -2.53. The summed E-state index contributed by atoms with van der Waals surface area (Å²) in [5.41, 5.74) is 0.960. The van der Waals surface area contributed by atoms with Gasteiger partial charge in [0.15, 0.2) is 5.76 Å². The van der Waals surface area contributed by atoms with E-state index in [1.165, 1.54) is 11.2 Å². The van der Waals surface area contributed by atoms with Crippen LogP contribution < -0.4 is 5.32 Å². The first-order valence-corrected chi connectivity index (χ1v) is 7.90. The Morgan fingerprint density at radius 2 is 1.80 bits per heavy atom. The van der Waals surface area contributed by atoms with Gasteiger partial charge in [-0.1, -0.05) is 6.07 Å². The first-order valence-electron chi connectivity index (χ1n) is 7.90. The lowest BCUT2D eigenvalue weighted by Gasteiger charge is -2.33. The van der Waals surface area contributed by atoms with Gasteiger partial charge in [-0.25, -0.2) is 4.98 Å². The Morgan fingerprint density at radius 3 is 2.40 bits per heavy atom. The Labute approximate surface area is 144 Å². The Hall–Kier alpha value is -3.16. The second-order valence-corrected chi connectivity index (χ2v) is 5.74. The number of nitrogens with one attached hydrogen (secondary N) is 1. The summed E-state index contributed by atoms with van der Waals surface area (Å²) in [5, 5.41) is 2.49. The van der Waals surface area contributed by atoms with E-state index in [1.54, 1.807) is 35.4 Å². The van der Waals surface area contributed by atoms with Gasteiger partial charge < -0.3 is 19.5 Å². The fourth-order valence-electron chi connectivity index (χ4n) is 2.52. The molecule has 8 heteroatoms. The molecule has 0 radical (unpaired) electrons. The Balaban J connectivity index is 1.53. The molecule has 3 amide bonds. The number of rotatable bonds is 2. The number of furan rings is 1. The van der Waals surface area contributed by atoms with Crippen LogP contribution in [0.3, 0.4) is 0 Å². The third kappa shape index (κ3) is 3.85. The molecule has 2 aromatic heterocycles. The minimum Gasteiger partial charge on any atom is -0.459 e. The van der Waals surface area contributed by atoms with Gasteiger partial charge in [0, 0.05) is 32.4 Å². The van der Waals surface area contributed by atoms with Gasteiger partial charge in [-0.05, 0) is 30.7 Å². The topological polar surface area (TPSA) is 95.8 Å². The number of carbonyl (C=O) groups is 3. The number of hydrogen-bond donors (Lipinski definition) is 1. The van der Waals surface area contributed by atoms with Crippen molar-refractivity contribution < 1.29 is 18.8 Å². The molecule has 130 valence electrons. The molecule has 2 aromatic rings. The maximum absolute atomic E-state index is 12.2. The van der Waals surface area contributed by atoms with Gasteiger partial charge in [0.1, 0.15) is 5.82 Å². The zero-order chi connectivity index (χ0) is 17.8. The van der Waals surface area contributed by atoms with E-state index in [1.807, 2.05) is 6.92 Å². The number of aromatic nitrogens is 1. The highest BCUT2D eigenvalue weighted by Crippen LogP contribution is 2.10. The second kappa shape index (κ2) is 7.16. The van der Waals surface area contributed by atoms with Gasteiger partial charge >= 0.3 is 11.8 Å². The third-order valence-corrected chi connectivity index (χ3v) is 3.93. The van der Waals surface area contributed by atoms with Crippen LogP contribution in [-0.2, 0) is 9.59 Å². The first-order chi connectivity index (χ1) is 12.0. The zero-order valence-electron chi connectivity index (χ0n) is 13.8. The zero-order valence-corrected chi connectivity index (χ0v) is 13.8. The molecular weight excluding hydrogens is 324 g/mol. The SMILES string of the molecule is Cc1ccc(NC(=O)C(=O)N2CCN(C(=O)c3ccco3)CC2)nc1. The van der Waals surface area contributed by atoms with E-state index in [2.05, 4.69) is 10.3 Å². The van der Waals surface area contributed by atoms with Crippen molar-refractivity contribution in [3.63, 3.8) is 0 Å². The van der Waals surface area contributed by atoms with Crippen LogP contribution in [0.25, 0.3) is 0 Å². The standard InChI is InChI=1S/C17H18N4O4/c1-12-4-5-14(18-11-12)19-15(22)17(24)21-8-6-20(7-9-21)16(23)13-3-2-10-25-13/h2-5,10-11H,6-9H2,1H3,(H,18,19,22). The van der Waals surface area contributed by atoms with Crippen LogP contribution in [0.2, 0.25) is 0 Å². The smallest absolute Gasteiger partial charge is 0.315 e. The van der Waals surface area contributed by atoms with Crippen LogP contribution >= 0.6 is 0 Å².